The molecule has 3 atom stereocenters. The number of hydrogen-bond donors (Lipinski definition) is 2. The Bertz CT molecular complexity index is 640. The molecule has 0 radical (unpaired) electrons. The number of hydrogen-bond acceptors (Lipinski definition) is 4. The van der Waals surface area contributed by atoms with Crippen molar-refractivity contribution in [3.05, 3.63) is 29.8 Å². The Morgan fingerprint density at radius 3 is 2.43 bits per heavy atom. The fraction of sp³-hybridized carbons (Fsp3) is 0.588. The van der Waals surface area contributed by atoms with Crippen LogP contribution in [0.1, 0.15) is 50.6 Å². The van der Waals surface area contributed by atoms with Crippen molar-refractivity contribution >= 4 is 15.7 Å². The molecule has 5 nitrogen and oxygen atoms in total. The van der Waals surface area contributed by atoms with Gasteiger partial charge in [-0.3, -0.25) is 4.79 Å². The zero-order valence-corrected chi connectivity index (χ0v) is 14.6. The minimum Gasteiger partial charge on any atom is -0.350 e. The van der Waals surface area contributed by atoms with Gasteiger partial charge in [-0.1, -0.05) is 25.0 Å². The topological polar surface area (TPSA) is 89.3 Å². The number of rotatable bonds is 5. The first kappa shape index (κ1) is 17.9. The minimum atomic E-state index is -3.19. The normalized spacial score (nSPS) is 23.3. The molecule has 0 bridgehead atoms. The summed E-state index contributed by atoms with van der Waals surface area (Å²) in [5.74, 6) is 0.274. The van der Waals surface area contributed by atoms with E-state index in [-0.39, 0.29) is 28.8 Å². The van der Waals surface area contributed by atoms with Gasteiger partial charge >= 0.3 is 0 Å². The lowest BCUT2D eigenvalue weighted by Gasteiger charge is -2.28. The van der Waals surface area contributed by atoms with E-state index in [1.54, 1.807) is 24.3 Å². The van der Waals surface area contributed by atoms with Crippen molar-refractivity contribution in [1.29, 1.82) is 0 Å². The van der Waals surface area contributed by atoms with Crippen molar-refractivity contribution in [2.75, 3.05) is 6.26 Å². The summed E-state index contributed by atoms with van der Waals surface area (Å²) in [4.78, 5) is 12.5. The molecule has 1 aliphatic carbocycles. The van der Waals surface area contributed by atoms with Gasteiger partial charge in [-0.05, 0) is 43.4 Å². The Labute approximate surface area is 138 Å². The molecule has 1 saturated carbocycles. The molecule has 6 heteroatoms. The second-order valence-electron chi connectivity index (χ2n) is 6.54. The number of nitrogens with one attached hydrogen (secondary N) is 1. The van der Waals surface area contributed by atoms with Gasteiger partial charge in [-0.2, -0.15) is 0 Å². The number of carbonyl (C=O) groups excluding carboxylic acids is 1. The van der Waals surface area contributed by atoms with Gasteiger partial charge in [0.1, 0.15) is 0 Å². The minimum absolute atomic E-state index is 0.00652. The van der Waals surface area contributed by atoms with Gasteiger partial charge in [0, 0.05) is 18.7 Å². The molecule has 1 aromatic carbocycles. The fourth-order valence-electron chi connectivity index (χ4n) is 3.12. The maximum atomic E-state index is 12.2. The molecule has 0 aromatic heterocycles. The highest BCUT2D eigenvalue weighted by molar-refractivity contribution is 7.90. The Balaban J connectivity index is 1.93. The summed E-state index contributed by atoms with van der Waals surface area (Å²) in [6.07, 6.45) is 5.97. The molecule has 128 valence electrons. The van der Waals surface area contributed by atoms with E-state index in [0.29, 0.717) is 6.42 Å². The fourth-order valence-corrected chi connectivity index (χ4v) is 3.75. The molecule has 0 spiro atoms. The SMILES string of the molecule is CC(NC(=O)CC1CCCCC1N)c1ccc(S(C)(=O)=O)cc1. The van der Waals surface area contributed by atoms with E-state index in [1.165, 1.54) is 6.26 Å². The predicted molar refractivity (Wildman–Crippen MR) is 90.7 cm³/mol. The Morgan fingerprint density at radius 2 is 1.87 bits per heavy atom. The zero-order valence-electron chi connectivity index (χ0n) is 13.8. The molecule has 23 heavy (non-hydrogen) atoms. The predicted octanol–water partition coefficient (Wildman–Crippen LogP) is 2.17. The van der Waals surface area contributed by atoms with Gasteiger partial charge in [-0.25, -0.2) is 8.42 Å². The number of benzene rings is 1. The third-order valence-corrected chi connectivity index (χ3v) is 5.73. The molecular formula is C17H26N2O3S. The number of sulfone groups is 1. The summed E-state index contributed by atoms with van der Waals surface area (Å²) >= 11 is 0. The molecule has 0 heterocycles. The average Bonchev–Trinajstić information content (AvgIpc) is 2.49. The van der Waals surface area contributed by atoms with Crippen LogP contribution in [0.4, 0.5) is 0 Å². The molecule has 1 fully saturated rings. The van der Waals surface area contributed by atoms with Gasteiger partial charge in [0.05, 0.1) is 10.9 Å². The molecular weight excluding hydrogens is 312 g/mol. The highest BCUT2D eigenvalue weighted by atomic mass is 32.2. The molecule has 3 N–H and O–H groups in total. The van der Waals surface area contributed by atoms with Crippen LogP contribution >= 0.6 is 0 Å². The van der Waals surface area contributed by atoms with Gasteiger partial charge in [0.2, 0.25) is 5.91 Å². The van der Waals surface area contributed by atoms with Crippen molar-refractivity contribution in [3.63, 3.8) is 0 Å². The lowest BCUT2D eigenvalue weighted by Crippen LogP contribution is -2.37. The van der Waals surface area contributed by atoms with Gasteiger partial charge in [0.15, 0.2) is 9.84 Å². The summed E-state index contributed by atoms with van der Waals surface area (Å²) in [5, 5.41) is 2.98. The van der Waals surface area contributed by atoms with Crippen LogP contribution < -0.4 is 11.1 Å². The lowest BCUT2D eigenvalue weighted by molar-refractivity contribution is -0.123. The van der Waals surface area contributed by atoms with Crippen LogP contribution in [0.15, 0.2) is 29.2 Å². The van der Waals surface area contributed by atoms with E-state index in [1.807, 2.05) is 6.92 Å². The van der Waals surface area contributed by atoms with Gasteiger partial charge < -0.3 is 11.1 Å². The van der Waals surface area contributed by atoms with Crippen LogP contribution in [-0.4, -0.2) is 26.6 Å². The van der Waals surface area contributed by atoms with E-state index in [0.717, 1.165) is 31.2 Å². The van der Waals surface area contributed by atoms with Crippen LogP contribution in [0, 0.1) is 5.92 Å². The largest absolute Gasteiger partial charge is 0.350 e. The summed E-state index contributed by atoms with van der Waals surface area (Å²) in [6.45, 7) is 1.90. The first-order valence-corrected chi connectivity index (χ1v) is 10.0. The van der Waals surface area contributed by atoms with Crippen LogP contribution in [-0.2, 0) is 14.6 Å². The van der Waals surface area contributed by atoms with Crippen molar-refractivity contribution in [2.24, 2.45) is 11.7 Å². The van der Waals surface area contributed by atoms with Gasteiger partial charge in [-0.15, -0.1) is 0 Å². The molecule has 1 aromatic rings. The molecule has 1 amide bonds. The summed E-state index contributed by atoms with van der Waals surface area (Å²) in [5.41, 5.74) is 6.98. The Kier molecular flexibility index (Phi) is 5.81. The highest BCUT2D eigenvalue weighted by Gasteiger charge is 2.24. The third kappa shape index (κ3) is 5.04. The Hall–Kier alpha value is -1.40. The molecule has 3 unspecified atom stereocenters. The van der Waals surface area contributed by atoms with E-state index >= 15 is 0 Å². The van der Waals surface area contributed by atoms with Crippen molar-refractivity contribution < 1.29 is 13.2 Å². The number of amides is 1. The first-order valence-electron chi connectivity index (χ1n) is 8.12. The Morgan fingerprint density at radius 1 is 1.26 bits per heavy atom. The summed E-state index contributed by atoms with van der Waals surface area (Å²) in [7, 11) is -3.19. The van der Waals surface area contributed by atoms with Crippen LogP contribution in [0.25, 0.3) is 0 Å². The van der Waals surface area contributed by atoms with Crippen LogP contribution in [0.5, 0.6) is 0 Å². The van der Waals surface area contributed by atoms with Crippen molar-refractivity contribution in [2.45, 2.75) is 56.0 Å². The molecule has 2 rings (SSSR count). The lowest BCUT2D eigenvalue weighted by atomic mass is 9.83. The maximum absolute atomic E-state index is 12.2. The summed E-state index contributed by atoms with van der Waals surface area (Å²) < 4.78 is 22.9. The number of carbonyl (C=O) groups is 1. The smallest absolute Gasteiger partial charge is 0.220 e. The highest BCUT2D eigenvalue weighted by Crippen LogP contribution is 2.26. The van der Waals surface area contributed by atoms with Crippen LogP contribution in [0.3, 0.4) is 0 Å². The number of nitrogens with two attached hydrogens (primary N) is 1. The standard InChI is InChI=1S/C17H26N2O3S/c1-12(13-7-9-15(10-8-13)23(2,21)22)19-17(20)11-14-5-3-4-6-16(14)18/h7-10,12,14,16H,3-6,11,18H2,1-2H3,(H,19,20). The quantitative estimate of drug-likeness (QED) is 0.861. The third-order valence-electron chi connectivity index (χ3n) is 4.60. The molecule has 0 saturated heterocycles. The van der Waals surface area contributed by atoms with E-state index in [9.17, 15) is 13.2 Å². The average molecular weight is 338 g/mol. The van der Waals surface area contributed by atoms with Crippen molar-refractivity contribution in [1.82, 2.24) is 5.32 Å². The summed E-state index contributed by atoms with van der Waals surface area (Å²) in [6, 6.07) is 6.60. The monoisotopic (exact) mass is 338 g/mol. The second-order valence-corrected chi connectivity index (χ2v) is 8.56. The first-order chi connectivity index (χ1) is 10.8. The second kappa shape index (κ2) is 7.45. The van der Waals surface area contributed by atoms with E-state index in [2.05, 4.69) is 5.32 Å². The molecule has 0 aliphatic heterocycles. The van der Waals surface area contributed by atoms with Gasteiger partial charge in [0.25, 0.3) is 0 Å². The molecule has 1 aliphatic rings. The zero-order chi connectivity index (χ0) is 17.0. The van der Waals surface area contributed by atoms with Crippen molar-refractivity contribution in [3.8, 4) is 0 Å². The maximum Gasteiger partial charge on any atom is 0.220 e. The van der Waals surface area contributed by atoms with Crippen LogP contribution in [0.2, 0.25) is 0 Å². The van der Waals surface area contributed by atoms with E-state index in [4.69, 9.17) is 5.73 Å². The van der Waals surface area contributed by atoms with E-state index < -0.39 is 9.84 Å².